The summed E-state index contributed by atoms with van der Waals surface area (Å²) in [5.74, 6) is 0.521. The SMILES string of the molecule is Cc1ccc(-c2nc(NC(=O)c3ccoc3)n[nH]2)cc1. The van der Waals surface area contributed by atoms with Crippen LogP contribution in [0, 0.1) is 6.92 Å². The molecular formula is C14H12N4O2. The van der Waals surface area contributed by atoms with E-state index in [2.05, 4.69) is 20.5 Å². The van der Waals surface area contributed by atoms with E-state index in [9.17, 15) is 4.79 Å². The fraction of sp³-hybridized carbons (Fsp3) is 0.0714. The van der Waals surface area contributed by atoms with Crippen LogP contribution in [0.1, 0.15) is 15.9 Å². The van der Waals surface area contributed by atoms with Gasteiger partial charge >= 0.3 is 0 Å². The molecule has 6 nitrogen and oxygen atoms in total. The first kappa shape index (κ1) is 12.2. The van der Waals surface area contributed by atoms with Gasteiger partial charge in [-0.15, -0.1) is 5.10 Å². The van der Waals surface area contributed by atoms with Gasteiger partial charge < -0.3 is 4.42 Å². The van der Waals surface area contributed by atoms with E-state index in [0.717, 1.165) is 5.56 Å². The van der Waals surface area contributed by atoms with Crippen LogP contribution in [0.2, 0.25) is 0 Å². The lowest BCUT2D eigenvalue weighted by Crippen LogP contribution is -2.11. The van der Waals surface area contributed by atoms with E-state index in [4.69, 9.17) is 4.42 Å². The van der Waals surface area contributed by atoms with E-state index in [1.165, 1.54) is 18.1 Å². The molecule has 0 aliphatic rings. The number of rotatable bonds is 3. The molecule has 20 heavy (non-hydrogen) atoms. The standard InChI is InChI=1S/C14H12N4O2/c1-9-2-4-10(5-3-9)12-15-14(18-17-12)16-13(19)11-6-7-20-8-11/h2-8H,1H3,(H2,15,16,17,18,19). The average molecular weight is 268 g/mol. The molecule has 2 N–H and O–H groups in total. The van der Waals surface area contributed by atoms with Gasteiger partial charge in [0.05, 0.1) is 11.8 Å². The molecule has 6 heteroatoms. The highest BCUT2D eigenvalue weighted by molar-refractivity contribution is 6.03. The molecule has 100 valence electrons. The van der Waals surface area contributed by atoms with Gasteiger partial charge in [0.2, 0.25) is 5.95 Å². The van der Waals surface area contributed by atoms with Crippen molar-refractivity contribution in [3.8, 4) is 11.4 Å². The Bertz CT molecular complexity index is 714. The highest BCUT2D eigenvalue weighted by Gasteiger charge is 2.11. The zero-order valence-corrected chi connectivity index (χ0v) is 10.8. The number of carbonyl (C=O) groups excluding carboxylic acids is 1. The third-order valence-corrected chi connectivity index (χ3v) is 2.82. The van der Waals surface area contributed by atoms with E-state index in [1.807, 2.05) is 31.2 Å². The van der Waals surface area contributed by atoms with Crippen LogP contribution in [0.15, 0.2) is 47.3 Å². The Kier molecular flexibility index (Phi) is 3.04. The zero-order chi connectivity index (χ0) is 13.9. The summed E-state index contributed by atoms with van der Waals surface area (Å²) in [5, 5.41) is 9.35. The summed E-state index contributed by atoms with van der Waals surface area (Å²) in [5.41, 5.74) is 2.50. The Balaban J connectivity index is 1.77. The van der Waals surface area contributed by atoms with Crippen LogP contribution < -0.4 is 5.32 Å². The van der Waals surface area contributed by atoms with E-state index >= 15 is 0 Å². The second-order valence-corrected chi connectivity index (χ2v) is 4.34. The van der Waals surface area contributed by atoms with Gasteiger partial charge in [-0.3, -0.25) is 15.2 Å². The molecular weight excluding hydrogens is 256 g/mol. The highest BCUT2D eigenvalue weighted by Crippen LogP contribution is 2.16. The van der Waals surface area contributed by atoms with Crippen LogP contribution in [-0.4, -0.2) is 21.1 Å². The molecule has 3 aromatic rings. The van der Waals surface area contributed by atoms with Gasteiger partial charge in [0.1, 0.15) is 6.26 Å². The number of aromatic nitrogens is 3. The molecule has 0 saturated heterocycles. The molecule has 0 atom stereocenters. The van der Waals surface area contributed by atoms with E-state index in [-0.39, 0.29) is 11.9 Å². The van der Waals surface area contributed by atoms with Crippen LogP contribution in [-0.2, 0) is 0 Å². The van der Waals surface area contributed by atoms with Crippen molar-refractivity contribution in [1.82, 2.24) is 15.2 Å². The summed E-state index contributed by atoms with van der Waals surface area (Å²) < 4.78 is 4.85. The topological polar surface area (TPSA) is 83.8 Å². The maximum absolute atomic E-state index is 11.8. The van der Waals surface area contributed by atoms with Crippen molar-refractivity contribution in [2.24, 2.45) is 0 Å². The average Bonchev–Trinajstić information content (AvgIpc) is 3.10. The first-order valence-electron chi connectivity index (χ1n) is 6.05. The number of carbonyl (C=O) groups is 1. The Hall–Kier alpha value is -2.89. The molecule has 0 spiro atoms. The summed E-state index contributed by atoms with van der Waals surface area (Å²) in [6.45, 7) is 2.01. The Labute approximate surface area is 114 Å². The second-order valence-electron chi connectivity index (χ2n) is 4.34. The van der Waals surface area contributed by atoms with Crippen molar-refractivity contribution >= 4 is 11.9 Å². The van der Waals surface area contributed by atoms with Crippen molar-refractivity contribution in [3.63, 3.8) is 0 Å². The normalized spacial score (nSPS) is 10.4. The molecule has 0 fully saturated rings. The van der Waals surface area contributed by atoms with Crippen LogP contribution in [0.25, 0.3) is 11.4 Å². The Morgan fingerprint density at radius 3 is 2.75 bits per heavy atom. The quantitative estimate of drug-likeness (QED) is 0.764. The number of aromatic amines is 1. The van der Waals surface area contributed by atoms with Crippen molar-refractivity contribution in [2.75, 3.05) is 5.32 Å². The van der Waals surface area contributed by atoms with E-state index in [0.29, 0.717) is 11.4 Å². The number of furan rings is 1. The Morgan fingerprint density at radius 2 is 2.05 bits per heavy atom. The maximum atomic E-state index is 11.8. The van der Waals surface area contributed by atoms with Crippen LogP contribution in [0.5, 0.6) is 0 Å². The lowest BCUT2D eigenvalue weighted by molar-refractivity contribution is 0.102. The van der Waals surface area contributed by atoms with Gasteiger partial charge in [0.25, 0.3) is 5.91 Å². The molecule has 1 amide bonds. The van der Waals surface area contributed by atoms with Crippen molar-refractivity contribution in [1.29, 1.82) is 0 Å². The molecule has 3 rings (SSSR count). The molecule has 0 bridgehead atoms. The van der Waals surface area contributed by atoms with Crippen molar-refractivity contribution < 1.29 is 9.21 Å². The number of amides is 1. The first-order chi connectivity index (χ1) is 9.72. The largest absolute Gasteiger partial charge is 0.472 e. The van der Waals surface area contributed by atoms with Gasteiger partial charge in [-0.05, 0) is 13.0 Å². The summed E-state index contributed by atoms with van der Waals surface area (Å²) >= 11 is 0. The number of nitrogens with one attached hydrogen (secondary N) is 2. The van der Waals surface area contributed by atoms with Gasteiger partial charge in [-0.25, -0.2) is 0 Å². The van der Waals surface area contributed by atoms with E-state index in [1.54, 1.807) is 6.07 Å². The van der Waals surface area contributed by atoms with Crippen LogP contribution in [0.4, 0.5) is 5.95 Å². The highest BCUT2D eigenvalue weighted by atomic mass is 16.3. The minimum Gasteiger partial charge on any atom is -0.472 e. The third-order valence-electron chi connectivity index (χ3n) is 2.82. The molecule has 0 aliphatic carbocycles. The Morgan fingerprint density at radius 1 is 1.25 bits per heavy atom. The van der Waals surface area contributed by atoms with Gasteiger partial charge in [0.15, 0.2) is 5.82 Å². The number of hydrogen-bond acceptors (Lipinski definition) is 4. The number of anilines is 1. The van der Waals surface area contributed by atoms with Gasteiger partial charge in [0, 0.05) is 5.56 Å². The predicted molar refractivity (Wildman–Crippen MR) is 73.2 cm³/mol. The maximum Gasteiger partial charge on any atom is 0.261 e. The molecule has 0 radical (unpaired) electrons. The molecule has 2 heterocycles. The number of hydrogen-bond donors (Lipinski definition) is 2. The molecule has 2 aromatic heterocycles. The minimum atomic E-state index is -0.312. The monoisotopic (exact) mass is 268 g/mol. The number of benzene rings is 1. The lowest BCUT2D eigenvalue weighted by atomic mass is 10.1. The lowest BCUT2D eigenvalue weighted by Gasteiger charge is -1.97. The summed E-state index contributed by atoms with van der Waals surface area (Å²) in [6, 6.07) is 9.43. The van der Waals surface area contributed by atoms with E-state index < -0.39 is 0 Å². The van der Waals surface area contributed by atoms with Gasteiger partial charge in [-0.1, -0.05) is 29.8 Å². The van der Waals surface area contributed by atoms with Crippen molar-refractivity contribution in [3.05, 3.63) is 54.0 Å². The number of aryl methyl sites for hydroxylation is 1. The molecule has 1 aromatic carbocycles. The zero-order valence-electron chi connectivity index (χ0n) is 10.8. The van der Waals surface area contributed by atoms with Gasteiger partial charge in [-0.2, -0.15) is 4.98 Å². The fourth-order valence-electron chi connectivity index (χ4n) is 1.73. The summed E-state index contributed by atoms with van der Waals surface area (Å²) in [6.07, 6.45) is 2.80. The number of nitrogens with zero attached hydrogens (tertiary/aromatic N) is 2. The molecule has 0 aliphatic heterocycles. The predicted octanol–water partition coefficient (Wildman–Crippen LogP) is 2.63. The summed E-state index contributed by atoms with van der Waals surface area (Å²) in [7, 11) is 0. The fourth-order valence-corrected chi connectivity index (χ4v) is 1.73. The third kappa shape index (κ3) is 2.44. The second kappa shape index (κ2) is 5.00. The van der Waals surface area contributed by atoms with Crippen LogP contribution >= 0.6 is 0 Å². The van der Waals surface area contributed by atoms with Crippen molar-refractivity contribution in [2.45, 2.75) is 6.92 Å². The first-order valence-corrected chi connectivity index (χ1v) is 6.05. The minimum absolute atomic E-state index is 0.228. The molecule has 0 saturated carbocycles. The number of H-pyrrole nitrogens is 1. The molecule has 0 unspecified atom stereocenters. The summed E-state index contributed by atoms with van der Waals surface area (Å²) in [4.78, 5) is 16.0. The van der Waals surface area contributed by atoms with Crippen LogP contribution in [0.3, 0.4) is 0 Å². The smallest absolute Gasteiger partial charge is 0.261 e.